The third-order valence-corrected chi connectivity index (χ3v) is 3.95. The van der Waals surface area contributed by atoms with Crippen molar-refractivity contribution in [3.05, 3.63) is 54.1 Å². The third-order valence-electron chi connectivity index (χ3n) is 3.95. The van der Waals surface area contributed by atoms with Crippen molar-refractivity contribution in [3.8, 4) is 11.4 Å². The number of hydrogen-bond acceptors (Lipinski definition) is 1. The number of imidazole rings is 1. The SMILES string of the molecule is CCCCCn1c(-c2ccc(C)cc2)nc2ccccc21. The van der Waals surface area contributed by atoms with Gasteiger partial charge in [-0.25, -0.2) is 4.98 Å². The van der Waals surface area contributed by atoms with Crippen LogP contribution in [0.3, 0.4) is 0 Å². The Bertz CT molecular complexity index is 723. The van der Waals surface area contributed by atoms with E-state index in [9.17, 15) is 0 Å². The molecule has 0 radical (unpaired) electrons. The van der Waals surface area contributed by atoms with Gasteiger partial charge in [-0.15, -0.1) is 0 Å². The molecule has 0 aliphatic carbocycles. The van der Waals surface area contributed by atoms with E-state index in [-0.39, 0.29) is 0 Å². The second kappa shape index (κ2) is 6.13. The summed E-state index contributed by atoms with van der Waals surface area (Å²) < 4.78 is 2.37. The number of fused-ring (bicyclic) bond motifs is 1. The van der Waals surface area contributed by atoms with Gasteiger partial charge in [-0.1, -0.05) is 61.7 Å². The normalized spacial score (nSPS) is 11.1. The Balaban J connectivity index is 2.07. The number of benzene rings is 2. The van der Waals surface area contributed by atoms with Gasteiger partial charge in [-0.2, -0.15) is 0 Å². The van der Waals surface area contributed by atoms with E-state index in [0.717, 1.165) is 17.9 Å². The molecule has 0 fully saturated rings. The van der Waals surface area contributed by atoms with Gasteiger partial charge >= 0.3 is 0 Å². The van der Waals surface area contributed by atoms with Crippen molar-refractivity contribution < 1.29 is 0 Å². The molecule has 0 atom stereocenters. The first-order valence-corrected chi connectivity index (χ1v) is 7.82. The summed E-state index contributed by atoms with van der Waals surface area (Å²) in [6, 6.07) is 17.1. The van der Waals surface area contributed by atoms with Crippen LogP contribution in [0.2, 0.25) is 0 Å². The molecule has 21 heavy (non-hydrogen) atoms. The van der Waals surface area contributed by atoms with Gasteiger partial charge in [0.2, 0.25) is 0 Å². The highest BCUT2D eigenvalue weighted by molar-refractivity contribution is 5.80. The van der Waals surface area contributed by atoms with Gasteiger partial charge in [0, 0.05) is 12.1 Å². The third kappa shape index (κ3) is 2.85. The van der Waals surface area contributed by atoms with E-state index in [2.05, 4.69) is 66.9 Å². The van der Waals surface area contributed by atoms with E-state index >= 15 is 0 Å². The molecule has 108 valence electrons. The molecule has 0 bridgehead atoms. The van der Waals surface area contributed by atoms with Crippen molar-refractivity contribution in [1.82, 2.24) is 9.55 Å². The van der Waals surface area contributed by atoms with Gasteiger partial charge in [0.05, 0.1) is 11.0 Å². The Morgan fingerprint density at radius 3 is 2.48 bits per heavy atom. The Morgan fingerprint density at radius 1 is 0.952 bits per heavy atom. The predicted octanol–water partition coefficient (Wildman–Crippen LogP) is 5.20. The number of unbranched alkanes of at least 4 members (excludes halogenated alkanes) is 2. The fraction of sp³-hybridized carbons (Fsp3) is 0.316. The van der Waals surface area contributed by atoms with E-state index in [4.69, 9.17) is 4.98 Å². The van der Waals surface area contributed by atoms with Crippen LogP contribution in [0.15, 0.2) is 48.5 Å². The second-order valence-corrected chi connectivity index (χ2v) is 5.65. The highest BCUT2D eigenvalue weighted by Crippen LogP contribution is 2.25. The predicted molar refractivity (Wildman–Crippen MR) is 89.4 cm³/mol. The summed E-state index contributed by atoms with van der Waals surface area (Å²) >= 11 is 0. The van der Waals surface area contributed by atoms with E-state index in [1.165, 1.54) is 35.9 Å². The molecule has 0 unspecified atom stereocenters. The highest BCUT2D eigenvalue weighted by Gasteiger charge is 2.11. The standard InChI is InChI=1S/C19H22N2/c1-3-4-7-14-21-18-9-6-5-8-17(18)20-19(21)16-12-10-15(2)11-13-16/h5-6,8-13H,3-4,7,14H2,1-2H3. The second-order valence-electron chi connectivity index (χ2n) is 5.65. The summed E-state index contributed by atoms with van der Waals surface area (Å²) in [4.78, 5) is 4.85. The lowest BCUT2D eigenvalue weighted by Gasteiger charge is -2.09. The van der Waals surface area contributed by atoms with E-state index in [0.29, 0.717) is 0 Å². The van der Waals surface area contributed by atoms with Crippen LogP contribution in [-0.2, 0) is 6.54 Å². The van der Waals surface area contributed by atoms with Crippen molar-refractivity contribution in [3.63, 3.8) is 0 Å². The van der Waals surface area contributed by atoms with Crippen LogP contribution < -0.4 is 0 Å². The topological polar surface area (TPSA) is 17.8 Å². The molecule has 1 aromatic heterocycles. The van der Waals surface area contributed by atoms with Crippen molar-refractivity contribution in [2.24, 2.45) is 0 Å². The largest absolute Gasteiger partial charge is 0.324 e. The Morgan fingerprint density at radius 2 is 1.71 bits per heavy atom. The van der Waals surface area contributed by atoms with Crippen LogP contribution in [0, 0.1) is 6.92 Å². The molecule has 0 amide bonds. The summed E-state index contributed by atoms with van der Waals surface area (Å²) in [5, 5.41) is 0. The fourth-order valence-electron chi connectivity index (χ4n) is 2.74. The summed E-state index contributed by atoms with van der Waals surface area (Å²) in [6.07, 6.45) is 3.71. The lowest BCUT2D eigenvalue weighted by Crippen LogP contribution is -2.00. The molecule has 0 N–H and O–H groups in total. The van der Waals surface area contributed by atoms with E-state index in [1.807, 2.05) is 0 Å². The zero-order chi connectivity index (χ0) is 14.7. The zero-order valence-corrected chi connectivity index (χ0v) is 12.8. The molecular formula is C19H22N2. The maximum Gasteiger partial charge on any atom is 0.141 e. The minimum absolute atomic E-state index is 1.04. The van der Waals surface area contributed by atoms with Gasteiger partial charge in [-0.3, -0.25) is 0 Å². The number of aromatic nitrogens is 2. The minimum atomic E-state index is 1.04. The lowest BCUT2D eigenvalue weighted by molar-refractivity contribution is 0.617. The molecule has 0 spiro atoms. The van der Waals surface area contributed by atoms with Crippen LogP contribution in [0.4, 0.5) is 0 Å². The van der Waals surface area contributed by atoms with Gasteiger partial charge < -0.3 is 4.57 Å². The Labute approximate surface area is 126 Å². The van der Waals surface area contributed by atoms with Crippen molar-refractivity contribution in [1.29, 1.82) is 0 Å². The van der Waals surface area contributed by atoms with Crippen LogP contribution in [0.25, 0.3) is 22.4 Å². The first-order valence-electron chi connectivity index (χ1n) is 7.82. The fourth-order valence-corrected chi connectivity index (χ4v) is 2.74. The molecule has 0 saturated heterocycles. The molecule has 0 aliphatic rings. The molecule has 3 aromatic rings. The van der Waals surface area contributed by atoms with Crippen LogP contribution in [0.5, 0.6) is 0 Å². The first-order chi connectivity index (χ1) is 10.3. The van der Waals surface area contributed by atoms with Gasteiger partial charge in [0.1, 0.15) is 5.82 Å². The van der Waals surface area contributed by atoms with Gasteiger partial charge in [-0.05, 0) is 25.5 Å². The smallest absolute Gasteiger partial charge is 0.141 e. The zero-order valence-electron chi connectivity index (χ0n) is 12.8. The van der Waals surface area contributed by atoms with E-state index in [1.54, 1.807) is 0 Å². The number of nitrogens with zero attached hydrogens (tertiary/aromatic N) is 2. The Kier molecular flexibility index (Phi) is 4.05. The molecular weight excluding hydrogens is 256 g/mol. The van der Waals surface area contributed by atoms with Crippen LogP contribution in [-0.4, -0.2) is 9.55 Å². The van der Waals surface area contributed by atoms with Crippen LogP contribution >= 0.6 is 0 Å². The minimum Gasteiger partial charge on any atom is -0.324 e. The number of hydrogen-bond donors (Lipinski definition) is 0. The monoisotopic (exact) mass is 278 g/mol. The first kappa shape index (κ1) is 13.9. The number of para-hydroxylation sites is 2. The summed E-state index contributed by atoms with van der Waals surface area (Å²) in [5.74, 6) is 1.09. The average molecular weight is 278 g/mol. The maximum absolute atomic E-state index is 4.85. The number of aryl methyl sites for hydroxylation is 2. The average Bonchev–Trinajstić information content (AvgIpc) is 2.87. The molecule has 1 heterocycles. The summed E-state index contributed by atoms with van der Waals surface area (Å²) in [6.45, 7) is 5.40. The van der Waals surface area contributed by atoms with Crippen molar-refractivity contribution in [2.45, 2.75) is 39.7 Å². The van der Waals surface area contributed by atoms with E-state index < -0.39 is 0 Å². The molecule has 0 saturated carbocycles. The molecule has 0 aliphatic heterocycles. The number of rotatable bonds is 5. The quantitative estimate of drug-likeness (QED) is 0.586. The molecule has 2 aromatic carbocycles. The van der Waals surface area contributed by atoms with Gasteiger partial charge in [0.15, 0.2) is 0 Å². The summed E-state index contributed by atoms with van der Waals surface area (Å²) in [7, 11) is 0. The maximum atomic E-state index is 4.85. The van der Waals surface area contributed by atoms with Crippen LogP contribution in [0.1, 0.15) is 31.7 Å². The lowest BCUT2D eigenvalue weighted by atomic mass is 10.1. The summed E-state index contributed by atoms with van der Waals surface area (Å²) in [5.41, 5.74) is 4.81. The van der Waals surface area contributed by atoms with Crippen molar-refractivity contribution in [2.75, 3.05) is 0 Å². The molecule has 2 nitrogen and oxygen atoms in total. The van der Waals surface area contributed by atoms with Gasteiger partial charge in [0.25, 0.3) is 0 Å². The highest BCUT2D eigenvalue weighted by atomic mass is 15.1. The van der Waals surface area contributed by atoms with Crippen molar-refractivity contribution >= 4 is 11.0 Å². The molecule has 2 heteroatoms. The molecule has 3 rings (SSSR count). The Hall–Kier alpha value is -2.09.